The molecule has 0 spiro atoms. The van der Waals surface area contributed by atoms with Crippen LogP contribution in [0, 0.1) is 11.8 Å². The van der Waals surface area contributed by atoms with Crippen molar-refractivity contribution in [2.24, 2.45) is 11.8 Å². The van der Waals surface area contributed by atoms with E-state index >= 15 is 0 Å². The van der Waals surface area contributed by atoms with Crippen LogP contribution in [0.5, 0.6) is 0 Å². The molecule has 2 aliphatic heterocycles. The van der Waals surface area contributed by atoms with E-state index in [-0.39, 0.29) is 5.54 Å². The van der Waals surface area contributed by atoms with Crippen molar-refractivity contribution in [1.29, 1.82) is 0 Å². The second-order valence-corrected chi connectivity index (χ2v) is 5.99. The summed E-state index contributed by atoms with van der Waals surface area (Å²) in [6.07, 6.45) is 3.96. The van der Waals surface area contributed by atoms with Gasteiger partial charge >= 0.3 is 0 Å². The molecule has 0 N–H and O–H groups in total. The van der Waals surface area contributed by atoms with E-state index in [0.29, 0.717) is 12.5 Å². The zero-order valence-corrected chi connectivity index (χ0v) is 10.3. The Kier molecular flexibility index (Phi) is 3.07. The van der Waals surface area contributed by atoms with Gasteiger partial charge in [-0.15, -0.1) is 0 Å². The van der Waals surface area contributed by atoms with Crippen LogP contribution >= 0.6 is 0 Å². The first-order chi connectivity index (χ1) is 7.04. The monoisotopic (exact) mass is 213 g/mol. The maximum absolute atomic E-state index is 13.5. The molecular formula is C13H24FN. The lowest BCUT2D eigenvalue weighted by Crippen LogP contribution is -2.44. The smallest absolute Gasteiger partial charge is 0.115 e. The van der Waals surface area contributed by atoms with Crippen molar-refractivity contribution >= 4 is 0 Å². The molecule has 3 atom stereocenters. The predicted octanol–water partition coefficient (Wildman–Crippen LogP) is 3.25. The summed E-state index contributed by atoms with van der Waals surface area (Å²) >= 11 is 0. The number of rotatable bonds is 3. The molecule has 2 fully saturated rings. The van der Waals surface area contributed by atoms with E-state index in [0.717, 1.165) is 18.9 Å². The molecule has 0 bridgehead atoms. The molecule has 0 radical (unpaired) electrons. The average molecular weight is 213 g/mol. The topological polar surface area (TPSA) is 3.24 Å². The summed E-state index contributed by atoms with van der Waals surface area (Å²) in [5.41, 5.74) is 0.226. The van der Waals surface area contributed by atoms with Crippen LogP contribution in [-0.2, 0) is 0 Å². The summed E-state index contributed by atoms with van der Waals surface area (Å²) in [4.78, 5) is 2.44. The van der Waals surface area contributed by atoms with Gasteiger partial charge in [-0.2, -0.15) is 0 Å². The average Bonchev–Trinajstić information content (AvgIpc) is 2.58. The highest BCUT2D eigenvalue weighted by Gasteiger charge is 2.51. The van der Waals surface area contributed by atoms with Gasteiger partial charge in [0, 0.05) is 12.1 Å². The minimum Gasteiger partial charge on any atom is -0.294 e. The number of nitrogens with zero attached hydrogens (tertiary/aromatic N) is 1. The lowest BCUT2D eigenvalue weighted by Gasteiger charge is -2.38. The van der Waals surface area contributed by atoms with Gasteiger partial charge in [0.05, 0.1) is 0 Å². The molecular weight excluding hydrogens is 189 g/mol. The van der Waals surface area contributed by atoms with Gasteiger partial charge in [-0.1, -0.05) is 20.8 Å². The van der Waals surface area contributed by atoms with E-state index in [4.69, 9.17) is 0 Å². The molecule has 0 aromatic carbocycles. The summed E-state index contributed by atoms with van der Waals surface area (Å²) in [7, 11) is 0. The standard InChI is InChI=1S/C13H24FN/c1-10(2)7-11(3)13-5-4-6-15(13)9-12(14)8-13/h10-12H,4-9H2,1-3H3/t11-,12+,13-/m0/s1. The van der Waals surface area contributed by atoms with Crippen molar-refractivity contribution in [1.82, 2.24) is 4.90 Å². The first kappa shape index (κ1) is 11.4. The zero-order valence-electron chi connectivity index (χ0n) is 10.3. The largest absolute Gasteiger partial charge is 0.294 e. The van der Waals surface area contributed by atoms with Crippen LogP contribution in [0.3, 0.4) is 0 Å². The highest BCUT2D eigenvalue weighted by molar-refractivity contribution is 5.06. The normalized spacial score (nSPS) is 38.6. The van der Waals surface area contributed by atoms with Gasteiger partial charge in [0.15, 0.2) is 0 Å². The van der Waals surface area contributed by atoms with Crippen LogP contribution in [-0.4, -0.2) is 29.7 Å². The molecule has 2 rings (SSSR count). The Balaban J connectivity index is 2.09. The van der Waals surface area contributed by atoms with E-state index in [1.54, 1.807) is 0 Å². The van der Waals surface area contributed by atoms with Gasteiger partial charge < -0.3 is 0 Å². The predicted molar refractivity (Wildman–Crippen MR) is 61.7 cm³/mol. The Bertz CT molecular complexity index is 229. The molecule has 0 aromatic heterocycles. The fourth-order valence-electron chi connectivity index (χ4n) is 3.83. The van der Waals surface area contributed by atoms with Gasteiger partial charge in [0.1, 0.15) is 6.17 Å². The zero-order chi connectivity index (χ0) is 11.1. The number of alkyl halides is 1. The van der Waals surface area contributed by atoms with E-state index < -0.39 is 6.17 Å². The highest BCUT2D eigenvalue weighted by atomic mass is 19.1. The molecule has 0 saturated carbocycles. The van der Waals surface area contributed by atoms with Crippen molar-refractivity contribution in [2.75, 3.05) is 13.1 Å². The molecule has 0 aliphatic carbocycles. The van der Waals surface area contributed by atoms with Gasteiger partial charge in [0.2, 0.25) is 0 Å². The molecule has 0 amide bonds. The summed E-state index contributed by atoms with van der Waals surface area (Å²) in [5.74, 6) is 1.39. The lowest BCUT2D eigenvalue weighted by molar-refractivity contribution is 0.111. The highest BCUT2D eigenvalue weighted by Crippen LogP contribution is 2.46. The van der Waals surface area contributed by atoms with Crippen molar-refractivity contribution in [2.45, 2.75) is 58.2 Å². The first-order valence-corrected chi connectivity index (χ1v) is 6.44. The van der Waals surface area contributed by atoms with Crippen LogP contribution < -0.4 is 0 Å². The van der Waals surface area contributed by atoms with E-state index in [9.17, 15) is 4.39 Å². The van der Waals surface area contributed by atoms with Gasteiger partial charge in [-0.3, -0.25) is 4.90 Å². The van der Waals surface area contributed by atoms with Crippen LogP contribution in [0.25, 0.3) is 0 Å². The van der Waals surface area contributed by atoms with Crippen LogP contribution in [0.2, 0.25) is 0 Å². The number of hydrogen-bond acceptors (Lipinski definition) is 1. The van der Waals surface area contributed by atoms with Crippen molar-refractivity contribution in [3.05, 3.63) is 0 Å². The second-order valence-electron chi connectivity index (χ2n) is 5.99. The number of fused-ring (bicyclic) bond motifs is 1. The molecule has 15 heavy (non-hydrogen) atoms. The molecule has 0 unspecified atom stereocenters. The summed E-state index contributed by atoms with van der Waals surface area (Å²) in [6, 6.07) is 0. The summed E-state index contributed by atoms with van der Waals surface area (Å²) in [5, 5.41) is 0. The van der Waals surface area contributed by atoms with Crippen LogP contribution in [0.15, 0.2) is 0 Å². The minimum atomic E-state index is -0.570. The van der Waals surface area contributed by atoms with Gasteiger partial charge in [0.25, 0.3) is 0 Å². The Morgan fingerprint density at radius 1 is 1.40 bits per heavy atom. The van der Waals surface area contributed by atoms with Crippen LogP contribution in [0.4, 0.5) is 4.39 Å². The fraction of sp³-hybridized carbons (Fsp3) is 1.00. The van der Waals surface area contributed by atoms with E-state index in [2.05, 4.69) is 25.7 Å². The van der Waals surface area contributed by atoms with Crippen LogP contribution in [0.1, 0.15) is 46.5 Å². The Labute approximate surface area is 93.0 Å². The summed E-state index contributed by atoms with van der Waals surface area (Å²) in [6.45, 7) is 8.70. The Morgan fingerprint density at radius 2 is 2.13 bits per heavy atom. The van der Waals surface area contributed by atoms with Crippen molar-refractivity contribution < 1.29 is 4.39 Å². The third-order valence-corrected chi connectivity index (χ3v) is 4.40. The Hall–Kier alpha value is -0.110. The fourth-order valence-corrected chi connectivity index (χ4v) is 3.83. The SMILES string of the molecule is CC(C)C[C@H](C)[C@@]12CCCN1C[C@H](F)C2. The second kappa shape index (κ2) is 4.04. The van der Waals surface area contributed by atoms with Gasteiger partial charge in [-0.05, 0) is 44.1 Å². The number of hydrogen-bond donors (Lipinski definition) is 0. The number of halogens is 1. The maximum atomic E-state index is 13.5. The lowest BCUT2D eigenvalue weighted by atomic mass is 9.77. The van der Waals surface area contributed by atoms with E-state index in [1.807, 2.05) is 0 Å². The first-order valence-electron chi connectivity index (χ1n) is 6.44. The Morgan fingerprint density at radius 3 is 2.80 bits per heavy atom. The minimum absolute atomic E-state index is 0.226. The molecule has 2 aliphatic rings. The van der Waals surface area contributed by atoms with Gasteiger partial charge in [-0.25, -0.2) is 4.39 Å². The molecule has 2 heterocycles. The third kappa shape index (κ3) is 1.93. The quantitative estimate of drug-likeness (QED) is 0.695. The molecule has 1 nitrogen and oxygen atoms in total. The molecule has 88 valence electrons. The third-order valence-electron chi connectivity index (χ3n) is 4.40. The molecule has 2 saturated heterocycles. The maximum Gasteiger partial charge on any atom is 0.115 e. The van der Waals surface area contributed by atoms with Crippen molar-refractivity contribution in [3.63, 3.8) is 0 Å². The molecule has 2 heteroatoms. The van der Waals surface area contributed by atoms with E-state index in [1.165, 1.54) is 19.3 Å². The summed E-state index contributed by atoms with van der Waals surface area (Å²) < 4.78 is 13.5. The van der Waals surface area contributed by atoms with Crippen molar-refractivity contribution in [3.8, 4) is 0 Å². The molecule has 0 aromatic rings.